The number of hydrogen-bond acceptors (Lipinski definition) is 3. The van der Waals surface area contributed by atoms with E-state index in [4.69, 9.17) is 5.84 Å². The molecular formula is C18H20N4O. The third-order valence-electron chi connectivity index (χ3n) is 3.83. The van der Waals surface area contributed by atoms with Gasteiger partial charge in [-0.15, -0.1) is 0 Å². The van der Waals surface area contributed by atoms with Gasteiger partial charge < -0.3 is 10.7 Å². The fourth-order valence-corrected chi connectivity index (χ4v) is 2.71. The van der Waals surface area contributed by atoms with Crippen molar-refractivity contribution >= 4 is 16.8 Å². The Hall–Kier alpha value is -2.82. The van der Waals surface area contributed by atoms with E-state index >= 15 is 0 Å². The predicted molar refractivity (Wildman–Crippen MR) is 91.4 cm³/mol. The SMILES string of the molecule is CCCN(Cc1ccccn1)C(=O)c1cc2ccccc2n1N. The van der Waals surface area contributed by atoms with Gasteiger partial charge in [0.15, 0.2) is 0 Å². The molecule has 3 aromatic rings. The average molecular weight is 308 g/mol. The van der Waals surface area contributed by atoms with Crippen molar-refractivity contribution in [2.24, 2.45) is 0 Å². The highest BCUT2D eigenvalue weighted by Gasteiger charge is 2.20. The standard InChI is InChI=1S/C18H20N4O/c1-2-11-21(13-15-8-5-6-10-20-15)18(23)17-12-14-7-3-4-9-16(14)22(17)19/h3-10,12H,2,11,13,19H2,1H3. The van der Waals surface area contributed by atoms with Crippen LogP contribution in [-0.2, 0) is 6.54 Å². The molecule has 118 valence electrons. The summed E-state index contributed by atoms with van der Waals surface area (Å²) in [5.74, 6) is 6.05. The molecule has 2 aromatic heterocycles. The topological polar surface area (TPSA) is 64.2 Å². The average Bonchev–Trinajstić information content (AvgIpc) is 2.92. The molecule has 0 saturated heterocycles. The van der Waals surface area contributed by atoms with Crippen LogP contribution in [0.1, 0.15) is 29.5 Å². The summed E-state index contributed by atoms with van der Waals surface area (Å²) in [5, 5.41) is 0.965. The van der Waals surface area contributed by atoms with Crippen LogP contribution < -0.4 is 5.84 Å². The predicted octanol–water partition coefficient (Wildman–Crippen LogP) is 2.80. The highest BCUT2D eigenvalue weighted by atomic mass is 16.2. The molecule has 5 heteroatoms. The van der Waals surface area contributed by atoms with Crippen LogP contribution in [0.25, 0.3) is 10.9 Å². The van der Waals surface area contributed by atoms with E-state index in [0.29, 0.717) is 18.8 Å². The number of nitrogens with zero attached hydrogens (tertiary/aromatic N) is 3. The van der Waals surface area contributed by atoms with Crippen LogP contribution in [0.5, 0.6) is 0 Å². The summed E-state index contributed by atoms with van der Waals surface area (Å²) in [7, 11) is 0. The molecule has 0 aliphatic heterocycles. The van der Waals surface area contributed by atoms with Crippen molar-refractivity contribution in [3.8, 4) is 0 Å². The minimum absolute atomic E-state index is 0.0730. The summed E-state index contributed by atoms with van der Waals surface area (Å²) in [6.45, 7) is 3.20. The number of amides is 1. The maximum Gasteiger partial charge on any atom is 0.272 e. The van der Waals surface area contributed by atoms with Crippen LogP contribution in [0.2, 0.25) is 0 Å². The van der Waals surface area contributed by atoms with Crippen molar-refractivity contribution in [2.75, 3.05) is 12.4 Å². The molecule has 23 heavy (non-hydrogen) atoms. The number of nitrogen functional groups attached to an aromatic ring is 1. The third-order valence-corrected chi connectivity index (χ3v) is 3.83. The number of aromatic nitrogens is 2. The van der Waals surface area contributed by atoms with E-state index in [2.05, 4.69) is 11.9 Å². The maximum absolute atomic E-state index is 12.9. The molecule has 0 aliphatic carbocycles. The van der Waals surface area contributed by atoms with Gasteiger partial charge in [0.2, 0.25) is 0 Å². The van der Waals surface area contributed by atoms with Crippen LogP contribution in [0.4, 0.5) is 0 Å². The number of carbonyl (C=O) groups is 1. The number of pyridine rings is 1. The van der Waals surface area contributed by atoms with Gasteiger partial charge in [0.25, 0.3) is 5.91 Å². The summed E-state index contributed by atoms with van der Waals surface area (Å²) >= 11 is 0. The first kappa shape index (κ1) is 15.1. The summed E-state index contributed by atoms with van der Waals surface area (Å²) in [6, 6.07) is 15.3. The monoisotopic (exact) mass is 308 g/mol. The fraction of sp³-hybridized carbons (Fsp3) is 0.222. The van der Waals surface area contributed by atoms with Crippen LogP contribution in [-0.4, -0.2) is 27.0 Å². The Morgan fingerprint density at radius 2 is 2.00 bits per heavy atom. The summed E-state index contributed by atoms with van der Waals surface area (Å²) in [4.78, 5) is 19.0. The van der Waals surface area contributed by atoms with Crippen molar-refractivity contribution in [3.05, 3.63) is 66.1 Å². The Morgan fingerprint density at radius 3 is 2.70 bits per heavy atom. The second-order valence-electron chi connectivity index (χ2n) is 5.51. The van der Waals surface area contributed by atoms with Gasteiger partial charge in [-0.2, -0.15) is 0 Å². The third kappa shape index (κ3) is 3.04. The molecule has 0 saturated carbocycles. The smallest absolute Gasteiger partial charge is 0.272 e. The summed E-state index contributed by atoms with van der Waals surface area (Å²) < 4.78 is 1.47. The van der Waals surface area contributed by atoms with Gasteiger partial charge in [0.1, 0.15) is 5.69 Å². The van der Waals surface area contributed by atoms with Crippen LogP contribution in [0, 0.1) is 0 Å². The van der Waals surface area contributed by atoms with Crippen molar-refractivity contribution in [1.29, 1.82) is 0 Å². The van der Waals surface area contributed by atoms with Crippen molar-refractivity contribution in [3.63, 3.8) is 0 Å². The Balaban J connectivity index is 1.92. The first-order chi connectivity index (χ1) is 11.2. The molecule has 0 unspecified atom stereocenters. The molecule has 0 spiro atoms. The van der Waals surface area contributed by atoms with Gasteiger partial charge >= 0.3 is 0 Å². The van der Waals surface area contributed by atoms with Gasteiger partial charge in [-0.1, -0.05) is 31.2 Å². The molecule has 5 nitrogen and oxygen atoms in total. The second kappa shape index (κ2) is 6.52. The van der Waals surface area contributed by atoms with Crippen molar-refractivity contribution in [2.45, 2.75) is 19.9 Å². The van der Waals surface area contributed by atoms with E-state index in [1.165, 1.54) is 4.68 Å². The first-order valence-electron chi connectivity index (χ1n) is 7.75. The van der Waals surface area contributed by atoms with Gasteiger partial charge in [0, 0.05) is 18.1 Å². The van der Waals surface area contributed by atoms with E-state index in [1.54, 1.807) is 11.1 Å². The largest absolute Gasteiger partial charge is 0.338 e. The van der Waals surface area contributed by atoms with E-state index in [1.807, 2.05) is 48.5 Å². The lowest BCUT2D eigenvalue weighted by Gasteiger charge is -2.22. The van der Waals surface area contributed by atoms with E-state index in [-0.39, 0.29) is 5.91 Å². The van der Waals surface area contributed by atoms with Gasteiger partial charge in [0.05, 0.1) is 17.8 Å². The van der Waals surface area contributed by atoms with Gasteiger partial charge in [-0.3, -0.25) is 14.5 Å². The zero-order valence-corrected chi connectivity index (χ0v) is 13.1. The highest BCUT2D eigenvalue weighted by Crippen LogP contribution is 2.19. The molecule has 3 rings (SSSR count). The van der Waals surface area contributed by atoms with Gasteiger partial charge in [-0.25, -0.2) is 0 Å². The minimum atomic E-state index is -0.0730. The van der Waals surface area contributed by atoms with Crippen LogP contribution >= 0.6 is 0 Å². The zero-order valence-electron chi connectivity index (χ0n) is 13.1. The number of fused-ring (bicyclic) bond motifs is 1. The molecule has 0 atom stereocenters. The zero-order chi connectivity index (χ0) is 16.2. The minimum Gasteiger partial charge on any atom is -0.338 e. The van der Waals surface area contributed by atoms with Crippen LogP contribution in [0.3, 0.4) is 0 Å². The fourth-order valence-electron chi connectivity index (χ4n) is 2.71. The lowest BCUT2D eigenvalue weighted by molar-refractivity contribution is 0.0733. The molecule has 2 heterocycles. The number of benzene rings is 1. The Bertz CT molecular complexity index is 810. The second-order valence-corrected chi connectivity index (χ2v) is 5.51. The van der Waals surface area contributed by atoms with E-state index < -0.39 is 0 Å². The summed E-state index contributed by atoms with van der Waals surface area (Å²) in [5.41, 5.74) is 2.22. The van der Waals surface area contributed by atoms with Crippen LogP contribution in [0.15, 0.2) is 54.7 Å². The van der Waals surface area contributed by atoms with Crippen molar-refractivity contribution in [1.82, 2.24) is 14.6 Å². The van der Waals surface area contributed by atoms with E-state index in [0.717, 1.165) is 23.0 Å². The number of para-hydroxylation sites is 1. The lowest BCUT2D eigenvalue weighted by atomic mass is 10.2. The molecule has 0 bridgehead atoms. The molecule has 1 aromatic carbocycles. The Labute approximate surface area is 135 Å². The molecular weight excluding hydrogens is 288 g/mol. The quantitative estimate of drug-likeness (QED) is 0.737. The first-order valence-corrected chi connectivity index (χ1v) is 7.75. The number of rotatable bonds is 5. The molecule has 1 amide bonds. The normalized spacial score (nSPS) is 10.8. The molecule has 0 fully saturated rings. The Morgan fingerprint density at radius 1 is 1.22 bits per heavy atom. The van der Waals surface area contributed by atoms with E-state index in [9.17, 15) is 4.79 Å². The number of hydrogen-bond donors (Lipinski definition) is 1. The maximum atomic E-state index is 12.9. The lowest BCUT2D eigenvalue weighted by Crippen LogP contribution is -2.34. The molecule has 0 radical (unpaired) electrons. The Kier molecular flexibility index (Phi) is 4.28. The molecule has 0 aliphatic rings. The number of nitrogens with two attached hydrogens (primary N) is 1. The van der Waals surface area contributed by atoms with Crippen molar-refractivity contribution < 1.29 is 4.79 Å². The summed E-state index contributed by atoms with van der Waals surface area (Å²) in [6.07, 6.45) is 2.62. The number of carbonyl (C=O) groups excluding carboxylic acids is 1. The highest BCUT2D eigenvalue weighted by molar-refractivity contribution is 5.98. The molecule has 2 N–H and O–H groups in total. The van der Waals surface area contributed by atoms with Gasteiger partial charge in [-0.05, 0) is 30.7 Å².